The quantitative estimate of drug-likeness (QED) is 0.536. The first-order valence-corrected chi connectivity index (χ1v) is 4.99. The van der Waals surface area contributed by atoms with Crippen molar-refractivity contribution in [2.45, 2.75) is 18.5 Å². The number of benzene rings is 1. The largest absolute Gasteiger partial charge is 0.466 e. The Morgan fingerprint density at radius 1 is 1.44 bits per heavy atom. The molecule has 1 atom stereocenters. The first-order chi connectivity index (χ1) is 7.59. The van der Waals surface area contributed by atoms with Crippen molar-refractivity contribution in [1.82, 2.24) is 0 Å². The number of methoxy groups -OCH3 is 1. The zero-order valence-electron chi connectivity index (χ0n) is 8.83. The van der Waals surface area contributed by atoms with Crippen LogP contribution in [0.15, 0.2) is 24.3 Å². The highest BCUT2D eigenvalue weighted by molar-refractivity contribution is 6.16. The molecule has 0 aromatic heterocycles. The third-order valence-corrected chi connectivity index (χ3v) is 2.87. The van der Waals surface area contributed by atoms with E-state index < -0.39 is 17.4 Å². The second-order valence-electron chi connectivity index (χ2n) is 3.78. The van der Waals surface area contributed by atoms with E-state index in [0.717, 1.165) is 12.7 Å². The number of esters is 1. The number of halogens is 1. The van der Waals surface area contributed by atoms with Gasteiger partial charge in [0.2, 0.25) is 5.78 Å². The number of ketones is 1. The van der Waals surface area contributed by atoms with Gasteiger partial charge in [0.15, 0.2) is 0 Å². The Labute approximate surface area is 92.2 Å². The summed E-state index contributed by atoms with van der Waals surface area (Å²) in [6.45, 7) is 0. The summed E-state index contributed by atoms with van der Waals surface area (Å²) in [5.74, 6) is -1.90. The third-order valence-electron chi connectivity index (χ3n) is 2.87. The van der Waals surface area contributed by atoms with E-state index in [-0.39, 0.29) is 12.0 Å². The lowest BCUT2D eigenvalue weighted by atomic mass is 9.80. The summed E-state index contributed by atoms with van der Waals surface area (Å²) in [6.07, 6.45) is 0.225. The van der Waals surface area contributed by atoms with Crippen LogP contribution in [-0.4, -0.2) is 24.5 Å². The Balaban J connectivity index is 2.45. The molecular formula is C12H11FO3. The lowest BCUT2D eigenvalue weighted by Gasteiger charge is -2.26. The minimum Gasteiger partial charge on any atom is -0.466 e. The Hall–Kier alpha value is -1.71. The van der Waals surface area contributed by atoms with E-state index in [9.17, 15) is 14.0 Å². The molecule has 0 saturated heterocycles. The van der Waals surface area contributed by atoms with Crippen molar-refractivity contribution in [2.24, 2.45) is 0 Å². The smallest absolute Gasteiger partial charge is 0.351 e. The van der Waals surface area contributed by atoms with E-state index in [4.69, 9.17) is 0 Å². The molecule has 0 bridgehead atoms. The zero-order chi connectivity index (χ0) is 11.8. The van der Waals surface area contributed by atoms with Crippen LogP contribution in [0.2, 0.25) is 0 Å². The van der Waals surface area contributed by atoms with Crippen molar-refractivity contribution < 1.29 is 18.7 Å². The van der Waals surface area contributed by atoms with E-state index in [0.29, 0.717) is 6.42 Å². The van der Waals surface area contributed by atoms with E-state index in [1.807, 2.05) is 0 Å². The summed E-state index contributed by atoms with van der Waals surface area (Å²) < 4.78 is 18.6. The van der Waals surface area contributed by atoms with Crippen molar-refractivity contribution in [2.75, 3.05) is 7.11 Å². The average molecular weight is 222 g/mol. The van der Waals surface area contributed by atoms with Crippen LogP contribution in [0.1, 0.15) is 22.3 Å². The highest BCUT2D eigenvalue weighted by Crippen LogP contribution is 2.32. The number of fused-ring (bicyclic) bond motifs is 1. The standard InChI is InChI=1S/C12H11FO3/c1-16-11(15)12(13)7-6-8-4-2-3-5-9(8)10(12)14/h2-5H,6-7H2,1H3/t12-/m1/s1. The molecule has 0 radical (unpaired) electrons. The van der Waals surface area contributed by atoms with Crippen LogP contribution in [0, 0.1) is 0 Å². The molecule has 0 aliphatic heterocycles. The molecule has 1 aliphatic rings. The van der Waals surface area contributed by atoms with E-state index in [1.54, 1.807) is 18.2 Å². The topological polar surface area (TPSA) is 43.4 Å². The molecule has 1 aromatic rings. The first kappa shape index (κ1) is 10.8. The van der Waals surface area contributed by atoms with Crippen LogP contribution in [0.5, 0.6) is 0 Å². The Kier molecular flexibility index (Phi) is 2.50. The molecule has 0 unspecified atom stereocenters. The van der Waals surface area contributed by atoms with Gasteiger partial charge in [-0.25, -0.2) is 9.18 Å². The van der Waals surface area contributed by atoms with Crippen molar-refractivity contribution in [3.8, 4) is 0 Å². The minimum atomic E-state index is -2.51. The van der Waals surface area contributed by atoms with Gasteiger partial charge in [-0.1, -0.05) is 24.3 Å². The summed E-state index contributed by atoms with van der Waals surface area (Å²) in [6, 6.07) is 6.74. The molecular weight excluding hydrogens is 211 g/mol. The van der Waals surface area contributed by atoms with Crippen molar-refractivity contribution in [3.63, 3.8) is 0 Å². The number of carbonyl (C=O) groups excluding carboxylic acids is 2. The summed E-state index contributed by atoms with van der Waals surface area (Å²) in [5.41, 5.74) is -1.45. The third kappa shape index (κ3) is 1.41. The van der Waals surface area contributed by atoms with Gasteiger partial charge in [-0.15, -0.1) is 0 Å². The average Bonchev–Trinajstić information content (AvgIpc) is 2.33. The highest BCUT2D eigenvalue weighted by Gasteiger charge is 2.50. The molecule has 0 heterocycles. The maximum Gasteiger partial charge on any atom is 0.351 e. The molecule has 0 N–H and O–H groups in total. The summed E-state index contributed by atoms with van der Waals surface area (Å²) in [5, 5.41) is 0. The normalized spacial score (nSPS) is 23.8. The fourth-order valence-corrected chi connectivity index (χ4v) is 1.95. The molecule has 4 heteroatoms. The highest BCUT2D eigenvalue weighted by atomic mass is 19.1. The number of rotatable bonds is 1. The van der Waals surface area contributed by atoms with Gasteiger partial charge in [0.1, 0.15) is 0 Å². The summed E-state index contributed by atoms with van der Waals surface area (Å²) >= 11 is 0. The van der Waals surface area contributed by atoms with Gasteiger partial charge in [0, 0.05) is 12.0 Å². The summed E-state index contributed by atoms with van der Waals surface area (Å²) in [4.78, 5) is 23.2. The van der Waals surface area contributed by atoms with E-state index in [2.05, 4.69) is 4.74 Å². The van der Waals surface area contributed by atoms with Gasteiger partial charge >= 0.3 is 5.97 Å². The molecule has 2 rings (SSSR count). The van der Waals surface area contributed by atoms with Crippen LogP contribution in [0.25, 0.3) is 0 Å². The lowest BCUT2D eigenvalue weighted by molar-refractivity contribution is -0.151. The Bertz CT molecular complexity index is 455. The van der Waals surface area contributed by atoms with Crippen LogP contribution < -0.4 is 0 Å². The molecule has 0 spiro atoms. The summed E-state index contributed by atoms with van der Waals surface area (Å²) in [7, 11) is 1.08. The van der Waals surface area contributed by atoms with E-state index >= 15 is 0 Å². The molecule has 3 nitrogen and oxygen atoms in total. The fourth-order valence-electron chi connectivity index (χ4n) is 1.95. The van der Waals surface area contributed by atoms with Crippen molar-refractivity contribution in [3.05, 3.63) is 35.4 Å². The first-order valence-electron chi connectivity index (χ1n) is 4.99. The number of aryl methyl sites for hydroxylation is 1. The minimum absolute atomic E-state index is 0.143. The Morgan fingerprint density at radius 2 is 2.12 bits per heavy atom. The van der Waals surface area contributed by atoms with Gasteiger partial charge in [-0.3, -0.25) is 4.79 Å². The Morgan fingerprint density at radius 3 is 2.81 bits per heavy atom. The van der Waals surface area contributed by atoms with Gasteiger partial charge in [-0.05, 0) is 12.0 Å². The van der Waals surface area contributed by atoms with E-state index in [1.165, 1.54) is 6.07 Å². The van der Waals surface area contributed by atoms with Crippen LogP contribution in [0.3, 0.4) is 0 Å². The van der Waals surface area contributed by atoms with Gasteiger partial charge < -0.3 is 4.74 Å². The van der Waals surface area contributed by atoms with Crippen molar-refractivity contribution in [1.29, 1.82) is 0 Å². The predicted octanol–water partition coefficient (Wildman–Crippen LogP) is 1.70. The second-order valence-corrected chi connectivity index (χ2v) is 3.78. The predicted molar refractivity (Wildman–Crippen MR) is 54.9 cm³/mol. The molecule has 0 fully saturated rings. The second kappa shape index (κ2) is 3.70. The fraction of sp³-hybridized carbons (Fsp3) is 0.333. The van der Waals surface area contributed by atoms with Crippen molar-refractivity contribution >= 4 is 11.8 Å². The molecule has 84 valence electrons. The monoisotopic (exact) mass is 222 g/mol. The molecule has 1 aromatic carbocycles. The molecule has 0 saturated carbocycles. The zero-order valence-corrected chi connectivity index (χ0v) is 8.83. The number of Topliss-reactive ketones (excluding diaryl/α,β-unsaturated/α-hetero) is 1. The molecule has 0 amide bonds. The number of ether oxygens (including phenoxy) is 1. The number of carbonyl (C=O) groups is 2. The van der Waals surface area contributed by atoms with Crippen LogP contribution >= 0.6 is 0 Å². The van der Waals surface area contributed by atoms with Gasteiger partial charge in [0.25, 0.3) is 5.67 Å². The maximum absolute atomic E-state index is 14.2. The maximum atomic E-state index is 14.2. The number of hydrogen-bond acceptors (Lipinski definition) is 3. The van der Waals surface area contributed by atoms with Gasteiger partial charge in [-0.2, -0.15) is 0 Å². The lowest BCUT2D eigenvalue weighted by Crippen LogP contribution is -2.46. The number of alkyl halides is 1. The number of hydrogen-bond donors (Lipinski definition) is 0. The SMILES string of the molecule is COC(=O)[C@@]1(F)CCc2ccccc2C1=O. The van der Waals surface area contributed by atoms with Crippen LogP contribution in [-0.2, 0) is 16.0 Å². The van der Waals surface area contributed by atoms with Crippen LogP contribution in [0.4, 0.5) is 4.39 Å². The van der Waals surface area contributed by atoms with Gasteiger partial charge in [0.05, 0.1) is 7.11 Å². The molecule has 16 heavy (non-hydrogen) atoms. The molecule has 1 aliphatic carbocycles.